The molecule has 2 amide bonds. The van der Waals surface area contributed by atoms with E-state index >= 15 is 0 Å². The second kappa shape index (κ2) is 8.96. The summed E-state index contributed by atoms with van der Waals surface area (Å²) in [6.07, 6.45) is 6.26. The number of carbonyl (C=O) groups is 1. The number of rotatable bonds is 5. The van der Waals surface area contributed by atoms with E-state index in [1.165, 1.54) is 6.42 Å². The molecule has 0 radical (unpaired) electrons. The predicted octanol–water partition coefficient (Wildman–Crippen LogP) is 4.22. The van der Waals surface area contributed by atoms with Crippen LogP contribution < -0.4 is 14.9 Å². The summed E-state index contributed by atoms with van der Waals surface area (Å²) in [5, 5.41) is 3.74. The van der Waals surface area contributed by atoms with Gasteiger partial charge in [-0.25, -0.2) is 17.9 Å². The Morgan fingerprint density at radius 3 is 2.53 bits per heavy atom. The van der Waals surface area contributed by atoms with Crippen molar-refractivity contribution in [2.75, 3.05) is 11.4 Å². The van der Waals surface area contributed by atoms with Crippen LogP contribution in [0.15, 0.2) is 47.4 Å². The summed E-state index contributed by atoms with van der Waals surface area (Å²) in [7, 11) is -3.65. The summed E-state index contributed by atoms with van der Waals surface area (Å²) >= 11 is 5.87. The normalized spacial score (nSPS) is 17.0. The molecule has 0 saturated heterocycles. The third kappa shape index (κ3) is 4.79. The molecule has 0 bridgehead atoms. The standard InChI is InChI=1S/C22H26ClN3O3S/c23-18-8-6-16(7-9-18)15-24-30(28,29)20-10-11-21-17(14-20)12-13-26(21)22(27)25-19-4-2-1-3-5-19/h6-11,14,19,24H,1-5,12-13,15H2,(H,25,27). The van der Waals surface area contributed by atoms with E-state index in [2.05, 4.69) is 10.0 Å². The fourth-order valence-electron chi connectivity index (χ4n) is 4.12. The van der Waals surface area contributed by atoms with Crippen molar-refractivity contribution >= 4 is 33.3 Å². The Labute approximate surface area is 182 Å². The van der Waals surface area contributed by atoms with Crippen molar-refractivity contribution in [3.05, 3.63) is 58.6 Å². The smallest absolute Gasteiger partial charge is 0.322 e. The van der Waals surface area contributed by atoms with Gasteiger partial charge in [0.15, 0.2) is 0 Å². The Morgan fingerprint density at radius 2 is 1.80 bits per heavy atom. The zero-order valence-electron chi connectivity index (χ0n) is 16.7. The van der Waals surface area contributed by atoms with Gasteiger partial charge in [-0.3, -0.25) is 4.90 Å². The van der Waals surface area contributed by atoms with E-state index in [0.29, 0.717) is 18.0 Å². The number of anilines is 1. The maximum Gasteiger partial charge on any atom is 0.322 e. The third-order valence-electron chi connectivity index (χ3n) is 5.81. The minimum Gasteiger partial charge on any atom is -0.335 e. The highest BCUT2D eigenvalue weighted by atomic mass is 35.5. The van der Waals surface area contributed by atoms with Crippen LogP contribution in [0.5, 0.6) is 0 Å². The van der Waals surface area contributed by atoms with E-state index in [1.54, 1.807) is 47.4 Å². The lowest BCUT2D eigenvalue weighted by molar-refractivity contribution is 0.238. The molecule has 0 spiro atoms. The van der Waals surface area contributed by atoms with Gasteiger partial charge in [0.1, 0.15) is 0 Å². The Bertz CT molecular complexity index is 1020. The summed E-state index contributed by atoms with van der Waals surface area (Å²) in [5.74, 6) is 0. The average Bonchev–Trinajstić information content (AvgIpc) is 3.18. The highest BCUT2D eigenvalue weighted by molar-refractivity contribution is 7.89. The van der Waals surface area contributed by atoms with E-state index in [4.69, 9.17) is 11.6 Å². The van der Waals surface area contributed by atoms with E-state index < -0.39 is 10.0 Å². The molecule has 30 heavy (non-hydrogen) atoms. The van der Waals surface area contributed by atoms with Gasteiger partial charge in [-0.05, 0) is 60.7 Å². The number of hydrogen-bond acceptors (Lipinski definition) is 3. The maximum absolute atomic E-state index is 12.7. The van der Waals surface area contributed by atoms with Gasteiger partial charge >= 0.3 is 6.03 Å². The molecule has 2 aliphatic rings. The first-order valence-corrected chi connectivity index (χ1v) is 12.2. The van der Waals surface area contributed by atoms with Crippen LogP contribution in [0.25, 0.3) is 0 Å². The number of urea groups is 1. The number of halogens is 1. The molecule has 2 aromatic rings. The molecule has 1 saturated carbocycles. The largest absolute Gasteiger partial charge is 0.335 e. The van der Waals surface area contributed by atoms with E-state index in [9.17, 15) is 13.2 Å². The highest BCUT2D eigenvalue weighted by Crippen LogP contribution is 2.30. The van der Waals surface area contributed by atoms with Crippen LogP contribution in [-0.4, -0.2) is 27.0 Å². The summed E-state index contributed by atoms with van der Waals surface area (Å²) < 4.78 is 28.1. The SMILES string of the molecule is O=C(NC1CCCCC1)N1CCc2cc(S(=O)(=O)NCc3ccc(Cl)cc3)ccc21. The van der Waals surface area contributed by atoms with Crippen molar-refractivity contribution in [1.29, 1.82) is 0 Å². The number of fused-ring (bicyclic) bond motifs is 1. The molecule has 0 unspecified atom stereocenters. The van der Waals surface area contributed by atoms with Gasteiger partial charge in [-0.15, -0.1) is 0 Å². The van der Waals surface area contributed by atoms with Gasteiger partial charge in [0.25, 0.3) is 0 Å². The first-order valence-electron chi connectivity index (χ1n) is 10.4. The van der Waals surface area contributed by atoms with E-state index in [1.807, 2.05) is 0 Å². The fraction of sp³-hybridized carbons (Fsp3) is 0.409. The Morgan fingerprint density at radius 1 is 1.07 bits per heavy atom. The number of nitrogens with zero attached hydrogens (tertiary/aromatic N) is 1. The minimum absolute atomic E-state index is 0.0860. The van der Waals surface area contributed by atoms with Crippen LogP contribution in [0.1, 0.15) is 43.2 Å². The van der Waals surface area contributed by atoms with Crippen LogP contribution in [0.4, 0.5) is 10.5 Å². The molecule has 2 N–H and O–H groups in total. The topological polar surface area (TPSA) is 78.5 Å². The van der Waals surface area contributed by atoms with Crippen molar-refractivity contribution in [2.24, 2.45) is 0 Å². The van der Waals surface area contributed by atoms with Crippen LogP contribution in [-0.2, 0) is 23.0 Å². The molecule has 1 heterocycles. The zero-order valence-corrected chi connectivity index (χ0v) is 18.3. The van der Waals surface area contributed by atoms with Gasteiger partial charge in [0.05, 0.1) is 4.90 Å². The van der Waals surface area contributed by atoms with Gasteiger partial charge in [0.2, 0.25) is 10.0 Å². The van der Waals surface area contributed by atoms with Crippen molar-refractivity contribution in [1.82, 2.24) is 10.0 Å². The molecule has 8 heteroatoms. The average molecular weight is 448 g/mol. The molecule has 1 fully saturated rings. The van der Waals surface area contributed by atoms with Crippen LogP contribution >= 0.6 is 11.6 Å². The second-order valence-electron chi connectivity index (χ2n) is 7.93. The number of benzene rings is 2. The molecule has 6 nitrogen and oxygen atoms in total. The Hall–Kier alpha value is -2.09. The minimum atomic E-state index is -3.65. The predicted molar refractivity (Wildman–Crippen MR) is 118 cm³/mol. The van der Waals surface area contributed by atoms with Crippen molar-refractivity contribution < 1.29 is 13.2 Å². The lowest BCUT2D eigenvalue weighted by Crippen LogP contribution is -2.45. The lowest BCUT2D eigenvalue weighted by atomic mass is 9.96. The maximum atomic E-state index is 12.7. The summed E-state index contributed by atoms with van der Waals surface area (Å²) in [5.41, 5.74) is 2.50. The summed E-state index contributed by atoms with van der Waals surface area (Å²) in [6.45, 7) is 0.752. The summed E-state index contributed by atoms with van der Waals surface area (Å²) in [4.78, 5) is 14.7. The Balaban J connectivity index is 1.43. The van der Waals surface area contributed by atoms with Gasteiger partial charge in [0, 0.05) is 29.8 Å². The van der Waals surface area contributed by atoms with Crippen molar-refractivity contribution in [2.45, 2.75) is 56.0 Å². The molecule has 1 aliphatic heterocycles. The monoisotopic (exact) mass is 447 g/mol. The number of carbonyl (C=O) groups excluding carboxylic acids is 1. The quantitative estimate of drug-likeness (QED) is 0.720. The van der Waals surface area contributed by atoms with E-state index in [-0.39, 0.29) is 23.5 Å². The van der Waals surface area contributed by atoms with Crippen molar-refractivity contribution in [3.63, 3.8) is 0 Å². The van der Waals surface area contributed by atoms with Gasteiger partial charge < -0.3 is 5.32 Å². The molecule has 4 rings (SSSR count). The van der Waals surface area contributed by atoms with Crippen molar-refractivity contribution in [3.8, 4) is 0 Å². The van der Waals surface area contributed by atoms with Crippen LogP contribution in [0, 0.1) is 0 Å². The second-order valence-corrected chi connectivity index (χ2v) is 10.1. The number of nitrogens with one attached hydrogen (secondary N) is 2. The molecule has 1 aliphatic carbocycles. The molecular weight excluding hydrogens is 422 g/mol. The number of amides is 2. The van der Waals surface area contributed by atoms with Crippen LogP contribution in [0.3, 0.4) is 0 Å². The Kier molecular flexibility index (Phi) is 6.32. The molecule has 0 aromatic heterocycles. The first kappa shape index (κ1) is 21.2. The first-order chi connectivity index (χ1) is 14.4. The fourth-order valence-corrected chi connectivity index (χ4v) is 5.31. The molecule has 2 aromatic carbocycles. The lowest BCUT2D eigenvalue weighted by Gasteiger charge is -2.26. The molecule has 0 atom stereocenters. The number of sulfonamides is 1. The van der Waals surface area contributed by atoms with Gasteiger partial charge in [-0.1, -0.05) is 43.0 Å². The third-order valence-corrected chi connectivity index (χ3v) is 7.47. The number of hydrogen-bond donors (Lipinski definition) is 2. The highest BCUT2D eigenvalue weighted by Gasteiger charge is 2.28. The van der Waals surface area contributed by atoms with E-state index in [0.717, 1.165) is 42.5 Å². The summed E-state index contributed by atoms with van der Waals surface area (Å²) in [6, 6.07) is 12.2. The van der Waals surface area contributed by atoms with Crippen LogP contribution in [0.2, 0.25) is 5.02 Å². The molecular formula is C22H26ClN3O3S. The zero-order chi connectivity index (χ0) is 21.1. The van der Waals surface area contributed by atoms with Gasteiger partial charge in [-0.2, -0.15) is 0 Å². The molecule has 160 valence electrons.